The topological polar surface area (TPSA) is 63.8 Å². The van der Waals surface area contributed by atoms with Crippen LogP contribution in [-0.4, -0.2) is 57.8 Å². The predicted octanol–water partition coefficient (Wildman–Crippen LogP) is 3.39. The van der Waals surface area contributed by atoms with Crippen molar-refractivity contribution in [1.82, 2.24) is 25.1 Å². The Hall–Kier alpha value is -2.93. The molecule has 1 saturated heterocycles. The number of aromatic nitrogens is 4. The quantitative estimate of drug-likeness (QED) is 0.572. The molecular formula is C20H21FN6. The molecule has 27 heavy (non-hydrogen) atoms. The van der Waals surface area contributed by atoms with Gasteiger partial charge in [0, 0.05) is 36.7 Å². The Kier molecular flexibility index (Phi) is 3.65. The van der Waals surface area contributed by atoms with Gasteiger partial charge in [-0.25, -0.2) is 9.37 Å². The zero-order valence-electron chi connectivity index (χ0n) is 15.3. The van der Waals surface area contributed by atoms with Crippen LogP contribution in [0.1, 0.15) is 6.92 Å². The molecule has 1 fully saturated rings. The zero-order chi connectivity index (χ0) is 18.5. The molecule has 7 heteroatoms. The maximum atomic E-state index is 13.4. The van der Waals surface area contributed by atoms with E-state index in [0.29, 0.717) is 23.1 Å². The van der Waals surface area contributed by atoms with Crippen molar-refractivity contribution < 1.29 is 4.39 Å². The Bertz CT molecular complexity index is 1130. The van der Waals surface area contributed by atoms with Crippen molar-refractivity contribution in [1.29, 1.82) is 0 Å². The van der Waals surface area contributed by atoms with Crippen LogP contribution in [0.3, 0.4) is 0 Å². The Morgan fingerprint density at radius 1 is 1.11 bits per heavy atom. The lowest BCUT2D eigenvalue weighted by atomic mass is 10.1. The fourth-order valence-corrected chi connectivity index (χ4v) is 3.76. The summed E-state index contributed by atoms with van der Waals surface area (Å²) >= 11 is 0. The average Bonchev–Trinajstić information content (AvgIpc) is 3.26. The lowest BCUT2D eigenvalue weighted by molar-refractivity contribution is 0.234. The Morgan fingerprint density at radius 2 is 2.00 bits per heavy atom. The van der Waals surface area contributed by atoms with Gasteiger partial charge in [0.1, 0.15) is 11.5 Å². The van der Waals surface area contributed by atoms with Crippen molar-refractivity contribution in [2.24, 2.45) is 0 Å². The smallest absolute Gasteiger partial charge is 0.159 e. The van der Waals surface area contributed by atoms with E-state index in [1.54, 1.807) is 6.07 Å². The summed E-state index contributed by atoms with van der Waals surface area (Å²) in [6.07, 6.45) is 0. The number of imidazole rings is 1. The molecular weight excluding hydrogens is 343 g/mol. The molecule has 1 atom stereocenters. The first-order chi connectivity index (χ1) is 13.1. The van der Waals surface area contributed by atoms with E-state index in [0.717, 1.165) is 36.1 Å². The average molecular weight is 364 g/mol. The molecule has 0 saturated carbocycles. The van der Waals surface area contributed by atoms with E-state index in [1.165, 1.54) is 17.8 Å². The summed E-state index contributed by atoms with van der Waals surface area (Å²) in [5.41, 5.74) is 4.45. The molecule has 138 valence electrons. The number of likely N-dealkylation sites (N-methyl/N-ethyl adjacent to an activating group) is 1. The summed E-state index contributed by atoms with van der Waals surface area (Å²) in [7, 11) is 2.17. The lowest BCUT2D eigenvalue weighted by Gasteiger charge is -2.39. The standard InChI is InChI=1S/C20H21FN6/c1-12-11-27(8-7-26(12)2)14-4-6-16-18(10-14)23-20(22-16)19-15-5-3-13(21)9-17(15)24-25-19/h3-6,9-10,12H,7-8,11H2,1-2H3,(H,22,23)(H,24,25). The fraction of sp³-hybridized carbons (Fsp3) is 0.300. The van der Waals surface area contributed by atoms with Gasteiger partial charge in [-0.2, -0.15) is 5.10 Å². The molecule has 2 N–H and O–H groups in total. The minimum atomic E-state index is -0.284. The number of piperazine rings is 1. The molecule has 0 amide bonds. The van der Waals surface area contributed by atoms with Crippen molar-refractivity contribution in [3.05, 3.63) is 42.2 Å². The Labute approximate surface area is 156 Å². The zero-order valence-corrected chi connectivity index (χ0v) is 15.3. The molecule has 1 aliphatic rings. The number of fused-ring (bicyclic) bond motifs is 2. The summed E-state index contributed by atoms with van der Waals surface area (Å²) < 4.78 is 13.4. The van der Waals surface area contributed by atoms with E-state index in [1.807, 2.05) is 6.07 Å². The number of halogens is 1. The molecule has 1 aliphatic heterocycles. The van der Waals surface area contributed by atoms with Gasteiger partial charge in [-0.05, 0) is 50.4 Å². The van der Waals surface area contributed by atoms with E-state index < -0.39 is 0 Å². The van der Waals surface area contributed by atoms with Crippen molar-refractivity contribution >= 4 is 27.6 Å². The van der Waals surface area contributed by atoms with Gasteiger partial charge in [0.15, 0.2) is 5.82 Å². The van der Waals surface area contributed by atoms with Gasteiger partial charge in [-0.3, -0.25) is 5.10 Å². The number of hydrogen-bond acceptors (Lipinski definition) is 4. The molecule has 4 aromatic rings. The molecule has 0 bridgehead atoms. The monoisotopic (exact) mass is 364 g/mol. The number of anilines is 1. The minimum absolute atomic E-state index is 0.284. The van der Waals surface area contributed by atoms with Crippen LogP contribution in [0.5, 0.6) is 0 Å². The SMILES string of the molecule is CC1CN(c2ccc3nc(-c4n[nH]c5cc(F)ccc45)[nH]c3c2)CCN1C. The maximum absolute atomic E-state index is 13.4. The Morgan fingerprint density at radius 3 is 2.85 bits per heavy atom. The first-order valence-electron chi connectivity index (χ1n) is 9.17. The van der Waals surface area contributed by atoms with E-state index in [9.17, 15) is 4.39 Å². The highest BCUT2D eigenvalue weighted by atomic mass is 19.1. The minimum Gasteiger partial charge on any atom is -0.369 e. The molecule has 0 radical (unpaired) electrons. The number of aromatic amines is 2. The summed E-state index contributed by atoms with van der Waals surface area (Å²) in [4.78, 5) is 12.9. The predicted molar refractivity (Wildman–Crippen MR) is 105 cm³/mol. The van der Waals surface area contributed by atoms with Crippen molar-refractivity contribution in [3.63, 3.8) is 0 Å². The summed E-state index contributed by atoms with van der Waals surface area (Å²) in [6, 6.07) is 11.5. The highest BCUT2D eigenvalue weighted by Crippen LogP contribution is 2.28. The molecule has 2 aromatic heterocycles. The maximum Gasteiger partial charge on any atom is 0.159 e. The number of rotatable bonds is 2. The second-order valence-electron chi connectivity index (χ2n) is 7.32. The first kappa shape index (κ1) is 16.3. The van der Waals surface area contributed by atoms with Gasteiger partial charge in [-0.15, -0.1) is 0 Å². The van der Waals surface area contributed by atoms with Crippen LogP contribution in [0.2, 0.25) is 0 Å². The van der Waals surface area contributed by atoms with Crippen LogP contribution in [-0.2, 0) is 0 Å². The highest BCUT2D eigenvalue weighted by molar-refractivity contribution is 5.93. The summed E-state index contributed by atoms with van der Waals surface area (Å²) in [5.74, 6) is 0.403. The van der Waals surface area contributed by atoms with Gasteiger partial charge in [0.25, 0.3) is 0 Å². The third kappa shape index (κ3) is 2.75. The van der Waals surface area contributed by atoms with Crippen LogP contribution >= 0.6 is 0 Å². The van der Waals surface area contributed by atoms with Crippen LogP contribution in [0.25, 0.3) is 33.5 Å². The molecule has 6 nitrogen and oxygen atoms in total. The molecule has 1 unspecified atom stereocenters. The Balaban J connectivity index is 1.52. The number of hydrogen-bond donors (Lipinski definition) is 2. The van der Waals surface area contributed by atoms with Gasteiger partial charge < -0.3 is 14.8 Å². The van der Waals surface area contributed by atoms with Crippen molar-refractivity contribution in [2.75, 3.05) is 31.6 Å². The van der Waals surface area contributed by atoms with Gasteiger partial charge >= 0.3 is 0 Å². The van der Waals surface area contributed by atoms with Crippen LogP contribution < -0.4 is 4.90 Å². The van der Waals surface area contributed by atoms with Crippen LogP contribution in [0.4, 0.5) is 10.1 Å². The largest absolute Gasteiger partial charge is 0.369 e. The van der Waals surface area contributed by atoms with Gasteiger partial charge in [-0.1, -0.05) is 0 Å². The summed E-state index contributed by atoms with van der Waals surface area (Å²) in [6.45, 7) is 5.34. The second kappa shape index (κ2) is 6.06. The second-order valence-corrected chi connectivity index (χ2v) is 7.32. The summed E-state index contributed by atoms with van der Waals surface area (Å²) in [5, 5.41) is 8.06. The van der Waals surface area contributed by atoms with Crippen LogP contribution in [0, 0.1) is 5.82 Å². The van der Waals surface area contributed by atoms with E-state index >= 15 is 0 Å². The normalized spacial score (nSPS) is 18.6. The van der Waals surface area contributed by atoms with Crippen LogP contribution in [0.15, 0.2) is 36.4 Å². The lowest BCUT2D eigenvalue weighted by Crippen LogP contribution is -2.50. The number of benzene rings is 2. The molecule has 5 rings (SSSR count). The van der Waals surface area contributed by atoms with Gasteiger partial charge in [0.05, 0.1) is 16.6 Å². The third-order valence-corrected chi connectivity index (χ3v) is 5.54. The fourth-order valence-electron chi connectivity index (χ4n) is 3.76. The molecule has 0 spiro atoms. The van der Waals surface area contributed by atoms with E-state index in [4.69, 9.17) is 0 Å². The third-order valence-electron chi connectivity index (χ3n) is 5.54. The molecule has 0 aliphatic carbocycles. The van der Waals surface area contributed by atoms with E-state index in [2.05, 4.69) is 56.1 Å². The highest BCUT2D eigenvalue weighted by Gasteiger charge is 2.21. The molecule has 2 aromatic carbocycles. The van der Waals surface area contributed by atoms with Crippen molar-refractivity contribution in [3.8, 4) is 11.5 Å². The van der Waals surface area contributed by atoms with Gasteiger partial charge in [0.2, 0.25) is 0 Å². The van der Waals surface area contributed by atoms with E-state index in [-0.39, 0.29) is 5.82 Å². The van der Waals surface area contributed by atoms with Crippen molar-refractivity contribution in [2.45, 2.75) is 13.0 Å². The molecule has 3 heterocycles. The first-order valence-corrected chi connectivity index (χ1v) is 9.17. The number of H-pyrrole nitrogens is 2. The number of nitrogens with one attached hydrogen (secondary N) is 2. The number of nitrogens with zero attached hydrogens (tertiary/aromatic N) is 4.